The topological polar surface area (TPSA) is 82.8 Å². The minimum atomic E-state index is -0.564. The largest absolute Gasteiger partial charge is 0.496 e. The van der Waals surface area contributed by atoms with Gasteiger partial charge in [0, 0.05) is 31.3 Å². The molecule has 0 saturated carbocycles. The fraction of sp³-hybridized carbons (Fsp3) is 0.364. The van der Waals surface area contributed by atoms with Crippen LogP contribution in [0.25, 0.3) is 0 Å². The number of nitrogens with two attached hydrogens (primary N) is 1. The molecule has 1 amide bonds. The molecule has 3 N–H and O–H groups in total. The summed E-state index contributed by atoms with van der Waals surface area (Å²) < 4.78 is 15.1. The number of hydrogen-bond donors (Lipinski definition) is 2. The number of rotatable bonds is 5. The minimum absolute atomic E-state index is 0.343. The maximum absolute atomic E-state index is 11.3. The highest BCUT2D eigenvalue weighted by Crippen LogP contribution is 2.27. The average Bonchev–Trinajstić information content (AvgIpc) is 2.35. The monoisotopic (exact) mass is 240 g/mol. The van der Waals surface area contributed by atoms with Crippen LogP contribution in [-0.2, 0) is 0 Å². The second-order valence-corrected chi connectivity index (χ2v) is 3.15. The highest BCUT2D eigenvalue weighted by molar-refractivity contribution is 5.70. The molecule has 94 valence electrons. The SMILES string of the molecule is COc1cc(OC)cc(OC(=O)NCCN)c1. The third-order valence-corrected chi connectivity index (χ3v) is 1.95. The number of hydrogen-bond acceptors (Lipinski definition) is 5. The Balaban J connectivity index is 2.72. The van der Waals surface area contributed by atoms with Crippen molar-refractivity contribution >= 4 is 6.09 Å². The van der Waals surface area contributed by atoms with Crippen LogP contribution in [0.1, 0.15) is 0 Å². The lowest BCUT2D eigenvalue weighted by Gasteiger charge is -2.09. The summed E-state index contributed by atoms with van der Waals surface area (Å²) in [4.78, 5) is 11.3. The van der Waals surface area contributed by atoms with Crippen molar-refractivity contribution in [3.63, 3.8) is 0 Å². The second-order valence-electron chi connectivity index (χ2n) is 3.15. The van der Waals surface area contributed by atoms with Gasteiger partial charge in [-0.15, -0.1) is 0 Å². The molecule has 0 unspecified atom stereocenters. The molecule has 0 spiro atoms. The molecule has 0 aliphatic carbocycles. The maximum Gasteiger partial charge on any atom is 0.412 e. The summed E-state index contributed by atoms with van der Waals surface area (Å²) >= 11 is 0. The van der Waals surface area contributed by atoms with Crippen LogP contribution in [0.5, 0.6) is 17.2 Å². The predicted octanol–water partition coefficient (Wildman–Crippen LogP) is 0.751. The van der Waals surface area contributed by atoms with Gasteiger partial charge in [-0.05, 0) is 0 Å². The summed E-state index contributed by atoms with van der Waals surface area (Å²) in [7, 11) is 3.04. The van der Waals surface area contributed by atoms with Crippen molar-refractivity contribution in [1.82, 2.24) is 5.32 Å². The Morgan fingerprint density at radius 2 is 1.71 bits per heavy atom. The quantitative estimate of drug-likeness (QED) is 0.793. The van der Waals surface area contributed by atoms with Gasteiger partial charge >= 0.3 is 6.09 Å². The first-order valence-corrected chi connectivity index (χ1v) is 5.08. The third-order valence-electron chi connectivity index (χ3n) is 1.95. The molecule has 0 saturated heterocycles. The number of methoxy groups -OCH3 is 2. The molecular weight excluding hydrogens is 224 g/mol. The Bertz CT molecular complexity index is 359. The summed E-state index contributed by atoms with van der Waals surface area (Å²) in [6.45, 7) is 0.719. The summed E-state index contributed by atoms with van der Waals surface area (Å²) in [5, 5.41) is 2.49. The van der Waals surface area contributed by atoms with Gasteiger partial charge in [-0.3, -0.25) is 0 Å². The van der Waals surface area contributed by atoms with Crippen molar-refractivity contribution in [1.29, 1.82) is 0 Å². The molecule has 1 aromatic rings. The Labute approximate surface area is 99.6 Å². The molecule has 0 atom stereocenters. The summed E-state index contributed by atoms with van der Waals surface area (Å²) in [6, 6.07) is 4.86. The van der Waals surface area contributed by atoms with Crippen molar-refractivity contribution in [3.8, 4) is 17.2 Å². The molecule has 0 heterocycles. The van der Waals surface area contributed by atoms with E-state index in [1.54, 1.807) is 18.2 Å². The van der Waals surface area contributed by atoms with E-state index in [-0.39, 0.29) is 0 Å². The molecule has 17 heavy (non-hydrogen) atoms. The lowest BCUT2D eigenvalue weighted by molar-refractivity contribution is 0.200. The van der Waals surface area contributed by atoms with Gasteiger partial charge in [0.25, 0.3) is 0 Å². The van der Waals surface area contributed by atoms with E-state index in [0.717, 1.165) is 0 Å². The molecule has 0 fully saturated rings. The number of nitrogens with one attached hydrogen (secondary N) is 1. The molecule has 0 aromatic heterocycles. The summed E-state index contributed by atoms with van der Waals surface area (Å²) in [5.74, 6) is 1.44. The Morgan fingerprint density at radius 3 is 2.18 bits per heavy atom. The van der Waals surface area contributed by atoms with E-state index in [4.69, 9.17) is 19.9 Å². The van der Waals surface area contributed by atoms with Crippen LogP contribution < -0.4 is 25.3 Å². The van der Waals surface area contributed by atoms with Crippen molar-refractivity contribution in [2.24, 2.45) is 5.73 Å². The van der Waals surface area contributed by atoms with Crippen molar-refractivity contribution in [2.45, 2.75) is 0 Å². The van der Waals surface area contributed by atoms with Gasteiger partial charge in [0.2, 0.25) is 0 Å². The molecule has 0 aliphatic heterocycles. The van der Waals surface area contributed by atoms with E-state index < -0.39 is 6.09 Å². The van der Waals surface area contributed by atoms with Gasteiger partial charge in [-0.25, -0.2) is 4.79 Å². The first-order valence-electron chi connectivity index (χ1n) is 5.08. The average molecular weight is 240 g/mol. The van der Waals surface area contributed by atoms with Crippen LogP contribution >= 0.6 is 0 Å². The fourth-order valence-corrected chi connectivity index (χ4v) is 1.16. The standard InChI is InChI=1S/C11H16N2O4/c1-15-8-5-9(16-2)7-10(6-8)17-11(14)13-4-3-12/h5-7H,3-4,12H2,1-2H3,(H,13,14). The van der Waals surface area contributed by atoms with Crippen molar-refractivity contribution < 1.29 is 19.0 Å². The van der Waals surface area contributed by atoms with E-state index in [1.165, 1.54) is 14.2 Å². The van der Waals surface area contributed by atoms with Gasteiger partial charge in [0.1, 0.15) is 17.2 Å². The van der Waals surface area contributed by atoms with Crippen LogP contribution in [0.15, 0.2) is 18.2 Å². The normalized spacial score (nSPS) is 9.59. The van der Waals surface area contributed by atoms with Gasteiger partial charge in [-0.1, -0.05) is 0 Å². The van der Waals surface area contributed by atoms with E-state index in [9.17, 15) is 4.79 Å². The molecular formula is C11H16N2O4. The van der Waals surface area contributed by atoms with Crippen LogP contribution in [-0.4, -0.2) is 33.4 Å². The van der Waals surface area contributed by atoms with Gasteiger partial charge in [0.15, 0.2) is 0 Å². The second kappa shape index (κ2) is 6.59. The molecule has 1 rings (SSSR count). The smallest absolute Gasteiger partial charge is 0.412 e. The van der Waals surface area contributed by atoms with Crippen LogP contribution in [0.4, 0.5) is 4.79 Å². The maximum atomic E-state index is 11.3. The van der Waals surface area contributed by atoms with Crippen molar-refractivity contribution in [3.05, 3.63) is 18.2 Å². The zero-order valence-electron chi connectivity index (χ0n) is 9.86. The first-order chi connectivity index (χ1) is 8.19. The van der Waals surface area contributed by atoms with Crippen LogP contribution in [0.2, 0.25) is 0 Å². The zero-order chi connectivity index (χ0) is 12.7. The Hall–Kier alpha value is -1.95. The van der Waals surface area contributed by atoms with Gasteiger partial charge in [0.05, 0.1) is 14.2 Å². The predicted molar refractivity (Wildman–Crippen MR) is 62.6 cm³/mol. The molecule has 0 radical (unpaired) electrons. The molecule has 1 aromatic carbocycles. The molecule has 6 nitrogen and oxygen atoms in total. The fourth-order valence-electron chi connectivity index (χ4n) is 1.16. The molecule has 6 heteroatoms. The zero-order valence-corrected chi connectivity index (χ0v) is 9.86. The molecule has 0 aliphatic rings. The van der Waals surface area contributed by atoms with Crippen LogP contribution in [0, 0.1) is 0 Å². The summed E-state index contributed by atoms with van der Waals surface area (Å²) in [6.07, 6.45) is -0.564. The number of amides is 1. The van der Waals surface area contributed by atoms with Gasteiger partial charge in [-0.2, -0.15) is 0 Å². The minimum Gasteiger partial charge on any atom is -0.496 e. The number of benzene rings is 1. The van der Waals surface area contributed by atoms with E-state index in [0.29, 0.717) is 30.3 Å². The summed E-state index contributed by atoms with van der Waals surface area (Å²) in [5.41, 5.74) is 5.25. The van der Waals surface area contributed by atoms with Gasteiger partial charge < -0.3 is 25.3 Å². The lowest BCUT2D eigenvalue weighted by atomic mass is 10.3. The lowest BCUT2D eigenvalue weighted by Crippen LogP contribution is -2.31. The third kappa shape index (κ3) is 4.20. The van der Waals surface area contributed by atoms with Crippen LogP contribution in [0.3, 0.4) is 0 Å². The number of carbonyl (C=O) groups is 1. The highest BCUT2D eigenvalue weighted by atomic mass is 16.6. The number of carbonyl (C=O) groups excluding carboxylic acids is 1. The Kier molecular flexibility index (Phi) is 5.09. The van der Waals surface area contributed by atoms with Crippen molar-refractivity contribution in [2.75, 3.05) is 27.3 Å². The van der Waals surface area contributed by atoms with E-state index in [1.807, 2.05) is 0 Å². The Morgan fingerprint density at radius 1 is 1.18 bits per heavy atom. The van der Waals surface area contributed by atoms with E-state index in [2.05, 4.69) is 5.32 Å². The highest BCUT2D eigenvalue weighted by Gasteiger charge is 2.07. The number of ether oxygens (including phenoxy) is 3. The first kappa shape index (κ1) is 13.1. The van der Waals surface area contributed by atoms with E-state index >= 15 is 0 Å². The molecule has 0 bridgehead atoms.